The van der Waals surface area contributed by atoms with Gasteiger partial charge < -0.3 is 19.7 Å². The molecule has 2 N–H and O–H groups in total. The molecule has 4 aromatic carbocycles. The van der Waals surface area contributed by atoms with E-state index in [1.807, 2.05) is 37.3 Å². The second-order valence-corrected chi connectivity index (χ2v) is 11.6. The molecule has 0 aromatic heterocycles. The number of carboxylic acids is 1. The Labute approximate surface area is 252 Å². The number of imide groups is 1. The summed E-state index contributed by atoms with van der Waals surface area (Å²) in [5.74, 6) is -1.31. The average molecular weight is 596 g/mol. The standard InChI is InChI=1S/C34H29NO7S/c1-20-28(19-43-29-9-5-4-8-27(29)33(39)40)41-34(42-30(20)22-12-10-21(18-36)11-13-22)23-14-16-24(17-15-23)35-31(37)25-6-2-3-7-26(25)32(35)38/h2-17,20,28,30,34,36H,18-19H2,1H3,(H,39,40)/t20-,28+,30+,34+/m0/s1. The lowest BCUT2D eigenvalue weighted by Crippen LogP contribution is -2.38. The number of hydrogen-bond acceptors (Lipinski definition) is 7. The SMILES string of the molecule is C[C@H]1[C@@H](CSc2ccccc2C(=O)O)O[C@@H](c2ccc(N3C(=O)c4ccccc4C3=O)cc2)O[C@H]1c1ccc(CO)cc1. The van der Waals surface area contributed by atoms with Crippen LogP contribution in [0.25, 0.3) is 0 Å². The van der Waals surface area contributed by atoms with Crippen molar-refractivity contribution in [3.63, 3.8) is 0 Å². The third-order valence-electron chi connectivity index (χ3n) is 7.86. The van der Waals surface area contributed by atoms with Crippen LogP contribution in [0, 0.1) is 5.92 Å². The van der Waals surface area contributed by atoms with Gasteiger partial charge in [-0.2, -0.15) is 0 Å². The van der Waals surface area contributed by atoms with E-state index in [-0.39, 0.29) is 42.1 Å². The number of amides is 2. The number of ether oxygens (including phenoxy) is 2. The van der Waals surface area contributed by atoms with Crippen molar-refractivity contribution in [1.82, 2.24) is 0 Å². The summed E-state index contributed by atoms with van der Waals surface area (Å²) in [4.78, 5) is 39.5. The minimum Gasteiger partial charge on any atom is -0.478 e. The highest BCUT2D eigenvalue weighted by Gasteiger charge is 2.39. The number of aliphatic hydroxyl groups is 1. The van der Waals surface area contributed by atoms with Crippen molar-refractivity contribution >= 4 is 35.2 Å². The second-order valence-electron chi connectivity index (χ2n) is 10.5. The number of nitrogens with zero attached hydrogens (tertiary/aromatic N) is 1. The van der Waals surface area contributed by atoms with Crippen LogP contribution >= 0.6 is 11.8 Å². The van der Waals surface area contributed by atoms with Crippen LogP contribution in [0.1, 0.15) is 67.1 Å². The lowest BCUT2D eigenvalue weighted by Gasteiger charge is -2.41. The van der Waals surface area contributed by atoms with Gasteiger partial charge in [-0.05, 0) is 47.5 Å². The molecule has 2 heterocycles. The Bertz CT molecular complexity index is 1640. The van der Waals surface area contributed by atoms with Crippen LogP contribution in [0.2, 0.25) is 0 Å². The van der Waals surface area contributed by atoms with E-state index in [1.54, 1.807) is 66.7 Å². The lowest BCUT2D eigenvalue weighted by molar-refractivity contribution is -0.268. The highest BCUT2D eigenvalue weighted by molar-refractivity contribution is 7.99. The van der Waals surface area contributed by atoms with E-state index in [0.29, 0.717) is 33.0 Å². The van der Waals surface area contributed by atoms with E-state index in [0.717, 1.165) is 11.1 Å². The number of carboxylic acid groups (broad SMARTS) is 1. The van der Waals surface area contributed by atoms with Crippen molar-refractivity contribution in [2.75, 3.05) is 10.7 Å². The molecule has 2 amide bonds. The summed E-state index contributed by atoms with van der Waals surface area (Å²) in [5, 5.41) is 19.1. The topological polar surface area (TPSA) is 113 Å². The van der Waals surface area contributed by atoms with Crippen LogP contribution in [0.4, 0.5) is 5.69 Å². The number of carbonyl (C=O) groups excluding carboxylic acids is 2. The fraction of sp³-hybridized carbons (Fsp3) is 0.206. The van der Waals surface area contributed by atoms with Gasteiger partial charge in [-0.1, -0.05) is 67.6 Å². The number of carbonyl (C=O) groups is 3. The summed E-state index contributed by atoms with van der Waals surface area (Å²) in [5.41, 5.74) is 3.89. The van der Waals surface area contributed by atoms with Gasteiger partial charge in [0.15, 0.2) is 6.29 Å². The highest BCUT2D eigenvalue weighted by Crippen LogP contribution is 2.43. The van der Waals surface area contributed by atoms with Crippen LogP contribution in [-0.4, -0.2) is 39.9 Å². The van der Waals surface area contributed by atoms with Crippen molar-refractivity contribution in [3.8, 4) is 0 Å². The first-order chi connectivity index (χ1) is 20.9. The molecule has 43 heavy (non-hydrogen) atoms. The minimum absolute atomic E-state index is 0.0607. The van der Waals surface area contributed by atoms with Gasteiger partial charge in [-0.25, -0.2) is 9.69 Å². The molecule has 2 aliphatic rings. The summed E-state index contributed by atoms with van der Waals surface area (Å²) in [6.07, 6.45) is -1.40. The predicted octanol–water partition coefficient (Wildman–Crippen LogP) is 6.26. The van der Waals surface area contributed by atoms with Gasteiger partial charge >= 0.3 is 5.97 Å². The van der Waals surface area contributed by atoms with E-state index < -0.39 is 12.3 Å². The molecule has 9 heteroatoms. The van der Waals surface area contributed by atoms with Crippen LogP contribution in [0.15, 0.2) is 102 Å². The molecular formula is C34H29NO7S. The Kier molecular flexibility index (Phi) is 8.14. The average Bonchev–Trinajstić information content (AvgIpc) is 3.30. The number of hydrogen-bond donors (Lipinski definition) is 2. The maximum Gasteiger partial charge on any atom is 0.336 e. The third kappa shape index (κ3) is 5.60. The highest BCUT2D eigenvalue weighted by atomic mass is 32.2. The normalized spacial score (nSPS) is 21.6. The molecule has 0 radical (unpaired) electrons. The molecule has 1 fully saturated rings. The summed E-state index contributed by atoms with van der Waals surface area (Å²) in [7, 11) is 0. The number of benzene rings is 4. The maximum atomic E-state index is 13.0. The van der Waals surface area contributed by atoms with Gasteiger partial charge in [0, 0.05) is 22.1 Å². The molecular weight excluding hydrogens is 566 g/mol. The Morgan fingerprint density at radius 1 is 0.814 bits per heavy atom. The Hall–Kier alpha value is -4.28. The van der Waals surface area contributed by atoms with Gasteiger partial charge in [-0.15, -0.1) is 11.8 Å². The van der Waals surface area contributed by atoms with Crippen molar-refractivity contribution < 1.29 is 34.1 Å². The molecule has 4 aromatic rings. The zero-order valence-corrected chi connectivity index (χ0v) is 24.1. The maximum absolute atomic E-state index is 13.0. The summed E-state index contributed by atoms with van der Waals surface area (Å²) >= 11 is 1.42. The van der Waals surface area contributed by atoms with E-state index in [2.05, 4.69) is 0 Å². The number of aliphatic hydroxyl groups excluding tert-OH is 1. The minimum atomic E-state index is -0.984. The molecule has 0 saturated carbocycles. The summed E-state index contributed by atoms with van der Waals surface area (Å²) in [6, 6.07) is 28.2. The zero-order chi connectivity index (χ0) is 30.1. The monoisotopic (exact) mass is 595 g/mol. The van der Waals surface area contributed by atoms with Gasteiger partial charge in [-0.3, -0.25) is 9.59 Å². The predicted molar refractivity (Wildman–Crippen MR) is 161 cm³/mol. The number of anilines is 1. The molecule has 4 atom stereocenters. The molecule has 8 nitrogen and oxygen atoms in total. The van der Waals surface area contributed by atoms with Crippen molar-refractivity contribution in [2.24, 2.45) is 5.92 Å². The Morgan fingerprint density at radius 3 is 2.05 bits per heavy atom. The first-order valence-corrected chi connectivity index (χ1v) is 14.9. The van der Waals surface area contributed by atoms with E-state index in [4.69, 9.17) is 9.47 Å². The Balaban J connectivity index is 1.26. The van der Waals surface area contributed by atoms with Crippen LogP contribution in [0.3, 0.4) is 0 Å². The number of thioether (sulfide) groups is 1. The molecule has 0 unspecified atom stereocenters. The summed E-state index contributed by atoms with van der Waals surface area (Å²) < 4.78 is 13.0. The van der Waals surface area contributed by atoms with Gasteiger partial charge in [0.05, 0.1) is 41.2 Å². The van der Waals surface area contributed by atoms with Crippen molar-refractivity contribution in [2.45, 2.75) is 36.9 Å². The van der Waals surface area contributed by atoms with Gasteiger partial charge in [0.1, 0.15) is 0 Å². The number of rotatable bonds is 8. The van der Waals surface area contributed by atoms with Crippen LogP contribution in [-0.2, 0) is 16.1 Å². The summed E-state index contributed by atoms with van der Waals surface area (Å²) in [6.45, 7) is 1.98. The van der Waals surface area contributed by atoms with E-state index in [9.17, 15) is 24.6 Å². The fourth-order valence-corrected chi connectivity index (χ4v) is 6.67. The van der Waals surface area contributed by atoms with Gasteiger partial charge in [0.2, 0.25) is 0 Å². The molecule has 0 aliphatic carbocycles. The molecule has 218 valence electrons. The third-order valence-corrected chi connectivity index (χ3v) is 9.02. The fourth-order valence-electron chi connectivity index (χ4n) is 5.46. The van der Waals surface area contributed by atoms with E-state index in [1.165, 1.54) is 16.7 Å². The van der Waals surface area contributed by atoms with Crippen molar-refractivity contribution in [1.29, 1.82) is 0 Å². The zero-order valence-electron chi connectivity index (χ0n) is 23.3. The first kappa shape index (κ1) is 28.8. The lowest BCUT2D eigenvalue weighted by atomic mass is 9.91. The molecule has 0 bridgehead atoms. The number of aromatic carboxylic acids is 1. The van der Waals surface area contributed by atoms with Gasteiger partial charge in [0.25, 0.3) is 11.8 Å². The second kappa shape index (κ2) is 12.1. The van der Waals surface area contributed by atoms with Crippen LogP contribution in [0.5, 0.6) is 0 Å². The molecule has 0 spiro atoms. The Morgan fingerprint density at radius 2 is 1.42 bits per heavy atom. The largest absolute Gasteiger partial charge is 0.478 e. The first-order valence-electron chi connectivity index (χ1n) is 13.9. The van der Waals surface area contributed by atoms with Crippen LogP contribution < -0.4 is 4.90 Å². The molecule has 6 rings (SSSR count). The quantitative estimate of drug-likeness (QED) is 0.181. The van der Waals surface area contributed by atoms with E-state index >= 15 is 0 Å². The smallest absolute Gasteiger partial charge is 0.336 e. The molecule has 1 saturated heterocycles. The number of fused-ring (bicyclic) bond motifs is 1. The molecule has 2 aliphatic heterocycles. The van der Waals surface area contributed by atoms with Crippen molar-refractivity contribution in [3.05, 3.63) is 130 Å².